The second-order valence-electron chi connectivity index (χ2n) is 3.29. The summed E-state index contributed by atoms with van der Waals surface area (Å²) in [7, 11) is 1.17. The number of aliphatic carboxylic acids is 1. The summed E-state index contributed by atoms with van der Waals surface area (Å²) in [6.45, 7) is 1.33. The SMILES string of the molecule is COC(=O)[C@](C)(C(=O)O)c1ccccc1. The highest BCUT2D eigenvalue weighted by Crippen LogP contribution is 2.25. The second-order valence-corrected chi connectivity index (χ2v) is 3.29. The predicted molar refractivity (Wildman–Crippen MR) is 53.4 cm³/mol. The van der Waals surface area contributed by atoms with Crippen molar-refractivity contribution in [2.24, 2.45) is 0 Å². The molecule has 0 saturated heterocycles. The van der Waals surface area contributed by atoms with E-state index in [-0.39, 0.29) is 0 Å². The fraction of sp³-hybridized carbons (Fsp3) is 0.273. The van der Waals surface area contributed by atoms with Gasteiger partial charge in [-0.15, -0.1) is 0 Å². The molecule has 0 fully saturated rings. The van der Waals surface area contributed by atoms with Crippen molar-refractivity contribution >= 4 is 11.9 Å². The van der Waals surface area contributed by atoms with Gasteiger partial charge in [0.15, 0.2) is 5.41 Å². The molecule has 0 radical (unpaired) electrons. The van der Waals surface area contributed by atoms with Crippen LogP contribution in [0.5, 0.6) is 0 Å². The first-order chi connectivity index (χ1) is 7.03. The zero-order valence-corrected chi connectivity index (χ0v) is 8.56. The molecule has 0 aliphatic carbocycles. The normalized spacial score (nSPS) is 14.0. The Morgan fingerprint density at radius 2 is 1.80 bits per heavy atom. The zero-order chi connectivity index (χ0) is 11.5. The molecule has 0 aliphatic heterocycles. The molecule has 1 atom stereocenters. The second kappa shape index (κ2) is 4.13. The predicted octanol–water partition coefficient (Wildman–Crippen LogP) is 1.20. The van der Waals surface area contributed by atoms with Gasteiger partial charge in [0.25, 0.3) is 0 Å². The van der Waals surface area contributed by atoms with Gasteiger partial charge in [-0.25, -0.2) is 0 Å². The van der Waals surface area contributed by atoms with Crippen LogP contribution in [0, 0.1) is 0 Å². The molecule has 0 unspecified atom stereocenters. The first-order valence-electron chi connectivity index (χ1n) is 4.40. The van der Waals surface area contributed by atoms with E-state index in [2.05, 4.69) is 4.74 Å². The van der Waals surface area contributed by atoms with Crippen LogP contribution in [-0.4, -0.2) is 24.2 Å². The van der Waals surface area contributed by atoms with Crippen LogP contribution in [0.1, 0.15) is 12.5 Å². The number of methoxy groups -OCH3 is 1. The average Bonchev–Trinajstić information content (AvgIpc) is 2.27. The highest BCUT2D eigenvalue weighted by atomic mass is 16.5. The van der Waals surface area contributed by atoms with Crippen LogP contribution in [-0.2, 0) is 19.7 Å². The molecule has 4 heteroatoms. The van der Waals surface area contributed by atoms with Crippen molar-refractivity contribution in [3.8, 4) is 0 Å². The molecule has 80 valence electrons. The fourth-order valence-electron chi connectivity index (χ4n) is 1.30. The minimum Gasteiger partial charge on any atom is -0.480 e. The van der Waals surface area contributed by atoms with E-state index in [0.29, 0.717) is 5.56 Å². The molecule has 15 heavy (non-hydrogen) atoms. The highest BCUT2D eigenvalue weighted by Gasteiger charge is 2.44. The maximum Gasteiger partial charge on any atom is 0.327 e. The molecule has 1 aromatic carbocycles. The summed E-state index contributed by atoms with van der Waals surface area (Å²) >= 11 is 0. The van der Waals surface area contributed by atoms with Gasteiger partial charge in [0.1, 0.15) is 0 Å². The van der Waals surface area contributed by atoms with Gasteiger partial charge in [-0.1, -0.05) is 30.3 Å². The molecular formula is C11H12O4. The molecule has 1 N–H and O–H groups in total. The number of benzene rings is 1. The van der Waals surface area contributed by atoms with Gasteiger partial charge in [-0.05, 0) is 12.5 Å². The van der Waals surface area contributed by atoms with Crippen LogP contribution in [0.2, 0.25) is 0 Å². The first kappa shape index (κ1) is 11.2. The number of carboxylic acid groups (broad SMARTS) is 1. The monoisotopic (exact) mass is 208 g/mol. The molecular weight excluding hydrogens is 196 g/mol. The molecule has 4 nitrogen and oxygen atoms in total. The Balaban J connectivity index is 3.25. The van der Waals surface area contributed by atoms with Gasteiger partial charge in [0.05, 0.1) is 7.11 Å². The van der Waals surface area contributed by atoms with Crippen molar-refractivity contribution in [1.82, 2.24) is 0 Å². The number of esters is 1. The van der Waals surface area contributed by atoms with E-state index in [1.54, 1.807) is 30.3 Å². The lowest BCUT2D eigenvalue weighted by atomic mass is 9.82. The van der Waals surface area contributed by atoms with E-state index >= 15 is 0 Å². The van der Waals surface area contributed by atoms with Crippen LogP contribution >= 0.6 is 0 Å². The highest BCUT2D eigenvalue weighted by molar-refractivity contribution is 6.04. The Kier molecular flexibility index (Phi) is 3.09. The number of ether oxygens (including phenoxy) is 1. The van der Waals surface area contributed by atoms with Crippen LogP contribution in [0.15, 0.2) is 30.3 Å². The smallest absolute Gasteiger partial charge is 0.327 e. The van der Waals surface area contributed by atoms with Gasteiger partial charge in [-0.2, -0.15) is 0 Å². The molecule has 0 spiro atoms. The largest absolute Gasteiger partial charge is 0.480 e. The zero-order valence-electron chi connectivity index (χ0n) is 8.56. The molecule has 0 heterocycles. The standard InChI is InChI=1S/C11H12O4/c1-11(9(12)13,10(14)15-2)8-6-4-3-5-7-8/h3-7H,1-2H3,(H,12,13)/t11-/m0/s1. The Hall–Kier alpha value is -1.84. The molecule has 0 amide bonds. The number of hydrogen-bond donors (Lipinski definition) is 1. The van der Waals surface area contributed by atoms with E-state index in [1.807, 2.05) is 0 Å². The quantitative estimate of drug-likeness (QED) is 0.598. The van der Waals surface area contributed by atoms with Gasteiger partial charge in [-0.3, -0.25) is 9.59 Å². The Labute approximate surface area is 87.5 Å². The summed E-state index contributed by atoms with van der Waals surface area (Å²) in [4.78, 5) is 22.6. The fourth-order valence-corrected chi connectivity index (χ4v) is 1.30. The van der Waals surface area contributed by atoms with Gasteiger partial charge >= 0.3 is 11.9 Å². The third kappa shape index (κ3) is 1.83. The Morgan fingerprint density at radius 3 is 2.20 bits per heavy atom. The number of carboxylic acids is 1. The third-order valence-electron chi connectivity index (χ3n) is 2.37. The number of carbonyl (C=O) groups excluding carboxylic acids is 1. The van der Waals surface area contributed by atoms with E-state index in [0.717, 1.165) is 0 Å². The molecule has 0 saturated carbocycles. The van der Waals surface area contributed by atoms with E-state index in [1.165, 1.54) is 14.0 Å². The lowest BCUT2D eigenvalue weighted by Crippen LogP contribution is -2.41. The number of rotatable bonds is 3. The molecule has 1 rings (SSSR count). The summed E-state index contributed by atoms with van der Waals surface area (Å²) in [5.74, 6) is -2.00. The maximum atomic E-state index is 11.5. The third-order valence-corrected chi connectivity index (χ3v) is 2.37. The number of carbonyl (C=O) groups is 2. The molecule has 1 aromatic rings. The minimum atomic E-state index is -1.64. The summed E-state index contributed by atoms with van der Waals surface area (Å²) in [6, 6.07) is 8.29. The van der Waals surface area contributed by atoms with Crippen LogP contribution < -0.4 is 0 Å². The number of hydrogen-bond acceptors (Lipinski definition) is 3. The minimum absolute atomic E-state index is 0.407. The van der Waals surface area contributed by atoms with Crippen molar-refractivity contribution in [3.05, 3.63) is 35.9 Å². The van der Waals surface area contributed by atoms with Crippen LogP contribution in [0.25, 0.3) is 0 Å². The average molecular weight is 208 g/mol. The first-order valence-corrected chi connectivity index (χ1v) is 4.40. The van der Waals surface area contributed by atoms with Crippen molar-refractivity contribution in [3.63, 3.8) is 0 Å². The summed E-state index contributed by atoms with van der Waals surface area (Å²) in [6.07, 6.45) is 0. The van der Waals surface area contributed by atoms with Crippen molar-refractivity contribution in [2.45, 2.75) is 12.3 Å². The molecule has 0 bridgehead atoms. The lowest BCUT2D eigenvalue weighted by Gasteiger charge is -2.21. The maximum absolute atomic E-state index is 11.5. The topological polar surface area (TPSA) is 63.6 Å². The van der Waals surface area contributed by atoms with Crippen molar-refractivity contribution in [1.29, 1.82) is 0 Å². The summed E-state index contributed by atoms with van der Waals surface area (Å²) in [5.41, 5.74) is -1.24. The van der Waals surface area contributed by atoms with Crippen LogP contribution in [0.3, 0.4) is 0 Å². The summed E-state index contributed by atoms with van der Waals surface area (Å²) in [5, 5.41) is 9.09. The van der Waals surface area contributed by atoms with Gasteiger partial charge < -0.3 is 9.84 Å². The molecule has 0 aromatic heterocycles. The van der Waals surface area contributed by atoms with E-state index in [9.17, 15) is 9.59 Å². The van der Waals surface area contributed by atoms with Crippen LogP contribution in [0.4, 0.5) is 0 Å². The summed E-state index contributed by atoms with van der Waals surface area (Å²) < 4.78 is 4.51. The van der Waals surface area contributed by atoms with Crippen molar-refractivity contribution < 1.29 is 19.4 Å². The van der Waals surface area contributed by atoms with Crippen molar-refractivity contribution in [2.75, 3.05) is 7.11 Å². The molecule has 0 aliphatic rings. The van der Waals surface area contributed by atoms with E-state index < -0.39 is 17.4 Å². The van der Waals surface area contributed by atoms with Gasteiger partial charge in [0.2, 0.25) is 0 Å². The van der Waals surface area contributed by atoms with Gasteiger partial charge in [0, 0.05) is 0 Å². The Bertz CT molecular complexity index is 371. The lowest BCUT2D eigenvalue weighted by molar-refractivity contribution is -0.158. The Morgan fingerprint density at radius 1 is 1.27 bits per heavy atom. The van der Waals surface area contributed by atoms with E-state index in [4.69, 9.17) is 5.11 Å².